The van der Waals surface area contributed by atoms with Crippen LogP contribution in [-0.2, 0) is 0 Å². The van der Waals surface area contributed by atoms with Crippen molar-refractivity contribution in [2.24, 2.45) is 5.92 Å². The Balaban J connectivity index is 2.55. The predicted molar refractivity (Wildman–Crippen MR) is 66.2 cm³/mol. The molecule has 1 heterocycles. The highest BCUT2D eigenvalue weighted by Crippen LogP contribution is 2.14. The molecule has 0 amide bonds. The number of hydrogen-bond donors (Lipinski definition) is 1. The maximum atomic E-state index is 3.31. The van der Waals surface area contributed by atoms with Gasteiger partial charge in [0.15, 0.2) is 0 Å². The molecule has 1 fully saturated rings. The molecule has 2 unspecified atom stereocenters. The lowest BCUT2D eigenvalue weighted by Gasteiger charge is -2.44. The minimum atomic E-state index is 0.679. The molecule has 3 nitrogen and oxygen atoms in total. The average Bonchev–Trinajstić information content (AvgIpc) is 2.13. The molecule has 1 aliphatic heterocycles. The summed E-state index contributed by atoms with van der Waals surface area (Å²) in [6.45, 7) is 11.7. The average molecular weight is 213 g/mol. The van der Waals surface area contributed by atoms with Gasteiger partial charge < -0.3 is 10.2 Å². The van der Waals surface area contributed by atoms with Crippen molar-refractivity contribution in [1.29, 1.82) is 0 Å². The van der Waals surface area contributed by atoms with Crippen LogP contribution >= 0.6 is 0 Å². The number of rotatable bonds is 4. The molecule has 90 valence electrons. The van der Waals surface area contributed by atoms with E-state index in [1.807, 2.05) is 7.05 Å². The number of likely N-dealkylation sites (N-methyl/N-ethyl adjacent to an activating group) is 2. The summed E-state index contributed by atoms with van der Waals surface area (Å²) in [5.74, 6) is 0.764. The Morgan fingerprint density at radius 2 is 2.00 bits per heavy atom. The van der Waals surface area contributed by atoms with Crippen LogP contribution in [0.4, 0.5) is 0 Å². The Hall–Kier alpha value is -0.120. The van der Waals surface area contributed by atoms with Crippen LogP contribution in [0.25, 0.3) is 0 Å². The summed E-state index contributed by atoms with van der Waals surface area (Å²) in [7, 11) is 4.28. The van der Waals surface area contributed by atoms with Crippen molar-refractivity contribution in [3.63, 3.8) is 0 Å². The van der Waals surface area contributed by atoms with Crippen molar-refractivity contribution in [2.45, 2.75) is 32.9 Å². The molecule has 0 radical (unpaired) electrons. The molecule has 0 saturated carbocycles. The lowest BCUT2D eigenvalue weighted by atomic mass is 10.1. The van der Waals surface area contributed by atoms with Gasteiger partial charge in [-0.1, -0.05) is 13.8 Å². The van der Waals surface area contributed by atoms with Crippen molar-refractivity contribution < 1.29 is 0 Å². The smallest absolute Gasteiger partial charge is 0.0348 e. The monoisotopic (exact) mass is 213 g/mol. The van der Waals surface area contributed by atoms with Gasteiger partial charge in [-0.3, -0.25) is 4.90 Å². The molecule has 15 heavy (non-hydrogen) atoms. The fourth-order valence-electron chi connectivity index (χ4n) is 2.38. The van der Waals surface area contributed by atoms with E-state index in [1.54, 1.807) is 0 Å². The van der Waals surface area contributed by atoms with Gasteiger partial charge in [0.1, 0.15) is 0 Å². The van der Waals surface area contributed by atoms with E-state index in [0.29, 0.717) is 12.1 Å². The van der Waals surface area contributed by atoms with Gasteiger partial charge in [0.05, 0.1) is 0 Å². The minimum Gasteiger partial charge on any atom is -0.318 e. The fourth-order valence-corrected chi connectivity index (χ4v) is 2.38. The summed E-state index contributed by atoms with van der Waals surface area (Å²) >= 11 is 0. The molecule has 0 aromatic carbocycles. The van der Waals surface area contributed by atoms with Crippen LogP contribution in [0, 0.1) is 5.92 Å². The molecule has 0 spiro atoms. The second-order valence-electron chi connectivity index (χ2n) is 5.35. The molecule has 0 aromatic rings. The summed E-state index contributed by atoms with van der Waals surface area (Å²) in [6, 6.07) is 1.37. The third kappa shape index (κ3) is 3.74. The molecular formula is C12H27N3. The van der Waals surface area contributed by atoms with Crippen LogP contribution in [-0.4, -0.2) is 62.2 Å². The van der Waals surface area contributed by atoms with Crippen LogP contribution in [0.15, 0.2) is 0 Å². The van der Waals surface area contributed by atoms with Gasteiger partial charge >= 0.3 is 0 Å². The number of piperazine rings is 1. The second kappa shape index (κ2) is 5.83. The normalized spacial score (nSPS) is 30.0. The molecule has 0 bridgehead atoms. The highest BCUT2D eigenvalue weighted by molar-refractivity contribution is 4.86. The molecular weight excluding hydrogens is 186 g/mol. The van der Waals surface area contributed by atoms with Gasteiger partial charge in [0.2, 0.25) is 0 Å². The summed E-state index contributed by atoms with van der Waals surface area (Å²) in [5, 5.41) is 3.31. The summed E-state index contributed by atoms with van der Waals surface area (Å²) in [5.41, 5.74) is 0. The standard InChI is InChI=1S/C12H27N3/c1-10(2)7-15-8-11(3)14(5)9-12(15)6-13-4/h10-13H,6-9H2,1-5H3. The largest absolute Gasteiger partial charge is 0.318 e. The summed E-state index contributed by atoms with van der Waals surface area (Å²) in [6.07, 6.45) is 0. The Morgan fingerprint density at radius 1 is 1.33 bits per heavy atom. The first-order valence-corrected chi connectivity index (χ1v) is 6.13. The van der Waals surface area contributed by atoms with Crippen molar-refractivity contribution in [3.05, 3.63) is 0 Å². The molecule has 1 rings (SSSR count). The van der Waals surface area contributed by atoms with E-state index >= 15 is 0 Å². The Kier molecular flexibility index (Phi) is 5.03. The van der Waals surface area contributed by atoms with Crippen molar-refractivity contribution >= 4 is 0 Å². The van der Waals surface area contributed by atoms with Crippen molar-refractivity contribution in [3.8, 4) is 0 Å². The Morgan fingerprint density at radius 3 is 2.53 bits per heavy atom. The zero-order valence-electron chi connectivity index (χ0n) is 11.0. The predicted octanol–water partition coefficient (Wildman–Crippen LogP) is 0.866. The van der Waals surface area contributed by atoms with E-state index in [-0.39, 0.29) is 0 Å². The van der Waals surface area contributed by atoms with Crippen LogP contribution < -0.4 is 5.32 Å². The van der Waals surface area contributed by atoms with E-state index in [0.717, 1.165) is 12.5 Å². The van der Waals surface area contributed by atoms with Crippen molar-refractivity contribution in [2.75, 3.05) is 40.3 Å². The molecule has 2 atom stereocenters. The van der Waals surface area contributed by atoms with E-state index in [9.17, 15) is 0 Å². The SMILES string of the molecule is CNCC1CN(C)C(C)CN1CC(C)C. The van der Waals surface area contributed by atoms with E-state index < -0.39 is 0 Å². The van der Waals surface area contributed by atoms with Crippen LogP contribution in [0.2, 0.25) is 0 Å². The second-order valence-corrected chi connectivity index (χ2v) is 5.35. The first-order chi connectivity index (χ1) is 7.04. The van der Waals surface area contributed by atoms with E-state index in [2.05, 4.69) is 42.9 Å². The lowest BCUT2D eigenvalue weighted by molar-refractivity contribution is 0.0445. The summed E-state index contributed by atoms with van der Waals surface area (Å²) < 4.78 is 0. The van der Waals surface area contributed by atoms with Gasteiger partial charge in [-0.15, -0.1) is 0 Å². The van der Waals surface area contributed by atoms with Crippen LogP contribution in [0.1, 0.15) is 20.8 Å². The molecule has 1 aliphatic rings. The van der Waals surface area contributed by atoms with Gasteiger partial charge in [-0.05, 0) is 26.9 Å². The Labute approximate surface area is 94.8 Å². The lowest BCUT2D eigenvalue weighted by Crippen LogP contribution is -2.59. The van der Waals surface area contributed by atoms with Crippen molar-refractivity contribution in [1.82, 2.24) is 15.1 Å². The third-order valence-corrected chi connectivity index (χ3v) is 3.31. The minimum absolute atomic E-state index is 0.679. The highest BCUT2D eigenvalue weighted by Gasteiger charge is 2.28. The zero-order chi connectivity index (χ0) is 11.4. The molecule has 1 N–H and O–H groups in total. The first-order valence-electron chi connectivity index (χ1n) is 6.13. The van der Waals surface area contributed by atoms with Gasteiger partial charge in [-0.2, -0.15) is 0 Å². The van der Waals surface area contributed by atoms with Gasteiger partial charge in [0, 0.05) is 38.3 Å². The fraction of sp³-hybridized carbons (Fsp3) is 1.00. The third-order valence-electron chi connectivity index (χ3n) is 3.31. The van der Waals surface area contributed by atoms with E-state index in [4.69, 9.17) is 0 Å². The summed E-state index contributed by atoms with van der Waals surface area (Å²) in [4.78, 5) is 5.12. The van der Waals surface area contributed by atoms with Crippen LogP contribution in [0.5, 0.6) is 0 Å². The molecule has 1 saturated heterocycles. The first kappa shape index (κ1) is 12.9. The molecule has 0 aromatic heterocycles. The number of nitrogens with zero attached hydrogens (tertiary/aromatic N) is 2. The number of hydrogen-bond acceptors (Lipinski definition) is 3. The zero-order valence-corrected chi connectivity index (χ0v) is 11.0. The maximum absolute atomic E-state index is 3.31. The molecule has 0 aliphatic carbocycles. The van der Waals surface area contributed by atoms with Gasteiger partial charge in [-0.25, -0.2) is 0 Å². The molecule has 3 heteroatoms. The number of nitrogens with one attached hydrogen (secondary N) is 1. The maximum Gasteiger partial charge on any atom is 0.0348 e. The Bertz CT molecular complexity index is 182. The quantitative estimate of drug-likeness (QED) is 0.747. The van der Waals surface area contributed by atoms with Crippen LogP contribution in [0.3, 0.4) is 0 Å². The van der Waals surface area contributed by atoms with E-state index in [1.165, 1.54) is 19.6 Å². The highest BCUT2D eigenvalue weighted by atomic mass is 15.3. The topological polar surface area (TPSA) is 18.5 Å². The van der Waals surface area contributed by atoms with Gasteiger partial charge in [0.25, 0.3) is 0 Å².